The van der Waals surface area contributed by atoms with Gasteiger partial charge in [-0.25, -0.2) is 0 Å². The summed E-state index contributed by atoms with van der Waals surface area (Å²) < 4.78 is 0. The molecule has 0 radical (unpaired) electrons. The average Bonchev–Trinajstić information content (AvgIpc) is 2.25. The number of hydrogen-bond donors (Lipinski definition) is 2. The van der Waals surface area contributed by atoms with Crippen LogP contribution >= 0.6 is 0 Å². The van der Waals surface area contributed by atoms with Crippen molar-refractivity contribution in [2.24, 2.45) is 0 Å². The first kappa shape index (κ1) is 12.6. The van der Waals surface area contributed by atoms with Crippen LogP contribution in [0, 0.1) is 17.0 Å². The van der Waals surface area contributed by atoms with Crippen LogP contribution in [0.2, 0.25) is 0 Å². The van der Waals surface area contributed by atoms with Gasteiger partial charge in [0.05, 0.1) is 4.92 Å². The monoisotopic (exact) mass is 238 g/mol. The Morgan fingerprint density at radius 2 is 2.12 bits per heavy atom. The van der Waals surface area contributed by atoms with Crippen LogP contribution in [0.5, 0.6) is 0 Å². The summed E-state index contributed by atoms with van der Waals surface area (Å²) in [6.45, 7) is 0.965. The predicted octanol–water partition coefficient (Wildman–Crippen LogP) is 0.718. The van der Waals surface area contributed by atoms with Crippen molar-refractivity contribution in [3.8, 4) is 0 Å². The number of aryl methyl sites for hydroxylation is 1. The molecule has 17 heavy (non-hydrogen) atoms. The Balaban J connectivity index is 3.07. The molecule has 0 heterocycles. The summed E-state index contributed by atoms with van der Waals surface area (Å²) in [5.74, 6) is -1.98. The summed E-state index contributed by atoms with van der Waals surface area (Å²) in [5, 5.41) is 21.2. The fourth-order valence-corrected chi connectivity index (χ4v) is 1.34. The van der Waals surface area contributed by atoms with Gasteiger partial charge in [-0.1, -0.05) is 12.1 Å². The van der Waals surface area contributed by atoms with Gasteiger partial charge in [-0.2, -0.15) is 0 Å². The molecule has 0 aliphatic carbocycles. The summed E-state index contributed by atoms with van der Waals surface area (Å²) in [6, 6.07) is 4.20. The summed E-state index contributed by atoms with van der Waals surface area (Å²) in [5.41, 5.74) is -0.0336. The number of carboxylic acid groups (broad SMARTS) is 1. The van der Waals surface area contributed by atoms with Gasteiger partial charge in [0.15, 0.2) is 0 Å². The second-order valence-electron chi connectivity index (χ2n) is 3.30. The number of rotatable bonds is 4. The highest BCUT2D eigenvalue weighted by Gasteiger charge is 2.22. The Kier molecular flexibility index (Phi) is 3.76. The number of nitro benzene ring substituents is 1. The second kappa shape index (κ2) is 5.06. The Morgan fingerprint density at radius 1 is 1.47 bits per heavy atom. The number of nitrogens with zero attached hydrogens (tertiary/aromatic N) is 1. The van der Waals surface area contributed by atoms with E-state index in [1.54, 1.807) is 13.0 Å². The lowest BCUT2D eigenvalue weighted by molar-refractivity contribution is -0.385. The van der Waals surface area contributed by atoms with Crippen molar-refractivity contribution in [3.05, 3.63) is 39.4 Å². The van der Waals surface area contributed by atoms with E-state index in [0.717, 1.165) is 0 Å². The van der Waals surface area contributed by atoms with E-state index >= 15 is 0 Å². The fourth-order valence-electron chi connectivity index (χ4n) is 1.34. The standard InChI is InChI=1S/C10H10N2O5/c1-6-3-2-4-7(12(16)17)9(6)10(15)11-5-8(13)14/h2-4H,5H2,1H3,(H,11,15)(H,13,14). The molecule has 0 aliphatic rings. The van der Waals surface area contributed by atoms with Crippen molar-refractivity contribution in [2.45, 2.75) is 6.92 Å². The van der Waals surface area contributed by atoms with Gasteiger partial charge >= 0.3 is 5.97 Å². The number of nitrogens with one attached hydrogen (secondary N) is 1. The topological polar surface area (TPSA) is 110 Å². The molecule has 0 saturated carbocycles. The first-order chi connectivity index (χ1) is 7.93. The third-order valence-corrected chi connectivity index (χ3v) is 2.07. The van der Waals surface area contributed by atoms with E-state index in [1.807, 2.05) is 0 Å². The molecule has 1 amide bonds. The van der Waals surface area contributed by atoms with Crippen molar-refractivity contribution < 1.29 is 19.6 Å². The molecule has 0 aromatic heterocycles. The summed E-state index contributed by atoms with van der Waals surface area (Å²) in [4.78, 5) is 32.0. The van der Waals surface area contributed by atoms with Crippen molar-refractivity contribution in [1.82, 2.24) is 5.32 Å². The molecule has 0 fully saturated rings. The van der Waals surface area contributed by atoms with E-state index in [0.29, 0.717) is 5.56 Å². The van der Waals surface area contributed by atoms with Crippen LogP contribution in [0.1, 0.15) is 15.9 Å². The minimum Gasteiger partial charge on any atom is -0.480 e. The van der Waals surface area contributed by atoms with Gasteiger partial charge in [-0.15, -0.1) is 0 Å². The van der Waals surface area contributed by atoms with Gasteiger partial charge in [-0.3, -0.25) is 19.7 Å². The van der Waals surface area contributed by atoms with Crippen molar-refractivity contribution in [2.75, 3.05) is 6.54 Å². The maximum absolute atomic E-state index is 11.6. The lowest BCUT2D eigenvalue weighted by atomic mass is 10.1. The molecule has 1 aromatic carbocycles. The number of benzene rings is 1. The van der Waals surface area contributed by atoms with Crippen molar-refractivity contribution in [3.63, 3.8) is 0 Å². The smallest absolute Gasteiger partial charge is 0.322 e. The summed E-state index contributed by atoms with van der Waals surface area (Å²) >= 11 is 0. The molecule has 0 saturated heterocycles. The minimum atomic E-state index is -1.21. The van der Waals surface area contributed by atoms with E-state index in [4.69, 9.17) is 5.11 Å². The average molecular weight is 238 g/mol. The van der Waals surface area contributed by atoms with Gasteiger partial charge in [-0.05, 0) is 12.5 Å². The maximum atomic E-state index is 11.6. The maximum Gasteiger partial charge on any atom is 0.322 e. The molecule has 0 spiro atoms. The SMILES string of the molecule is Cc1cccc([N+](=O)[O-])c1C(=O)NCC(=O)O. The zero-order valence-electron chi connectivity index (χ0n) is 8.97. The molecule has 0 atom stereocenters. The highest BCUT2D eigenvalue weighted by molar-refractivity contribution is 6.00. The number of hydrogen-bond acceptors (Lipinski definition) is 4. The number of aliphatic carboxylic acids is 1. The molecule has 7 heteroatoms. The van der Waals surface area contributed by atoms with Crippen LogP contribution in [0.25, 0.3) is 0 Å². The Bertz CT molecular complexity index is 484. The van der Waals surface area contributed by atoms with Crippen LogP contribution in [0.15, 0.2) is 18.2 Å². The number of amides is 1. The van der Waals surface area contributed by atoms with E-state index in [9.17, 15) is 19.7 Å². The van der Waals surface area contributed by atoms with Crippen LogP contribution in [0.3, 0.4) is 0 Å². The Hall–Kier alpha value is -2.44. The molecule has 0 bridgehead atoms. The lowest BCUT2D eigenvalue weighted by Gasteiger charge is -2.06. The molecule has 7 nitrogen and oxygen atoms in total. The van der Waals surface area contributed by atoms with E-state index in [-0.39, 0.29) is 11.3 Å². The summed E-state index contributed by atoms with van der Waals surface area (Å²) in [7, 11) is 0. The zero-order chi connectivity index (χ0) is 13.0. The Morgan fingerprint density at radius 3 is 2.65 bits per heavy atom. The van der Waals surface area contributed by atoms with Gasteiger partial charge in [0.2, 0.25) is 0 Å². The van der Waals surface area contributed by atoms with E-state index < -0.39 is 23.3 Å². The van der Waals surface area contributed by atoms with Crippen LogP contribution in [0.4, 0.5) is 5.69 Å². The van der Waals surface area contributed by atoms with Gasteiger partial charge in [0.1, 0.15) is 12.1 Å². The zero-order valence-corrected chi connectivity index (χ0v) is 8.97. The fraction of sp³-hybridized carbons (Fsp3) is 0.200. The molecule has 0 unspecified atom stereocenters. The highest BCUT2D eigenvalue weighted by Crippen LogP contribution is 2.21. The third kappa shape index (κ3) is 3.00. The minimum absolute atomic E-state index is 0.112. The largest absolute Gasteiger partial charge is 0.480 e. The number of carbonyl (C=O) groups is 2. The Labute approximate surface area is 96.2 Å². The van der Waals surface area contributed by atoms with Crippen LogP contribution < -0.4 is 5.32 Å². The van der Waals surface area contributed by atoms with Gasteiger partial charge in [0.25, 0.3) is 11.6 Å². The van der Waals surface area contributed by atoms with E-state index in [2.05, 4.69) is 5.32 Å². The van der Waals surface area contributed by atoms with Crippen LogP contribution in [-0.4, -0.2) is 28.5 Å². The first-order valence-corrected chi connectivity index (χ1v) is 4.67. The third-order valence-electron chi connectivity index (χ3n) is 2.07. The first-order valence-electron chi connectivity index (χ1n) is 4.67. The second-order valence-corrected chi connectivity index (χ2v) is 3.30. The lowest BCUT2D eigenvalue weighted by Crippen LogP contribution is -2.30. The predicted molar refractivity (Wildman–Crippen MR) is 57.8 cm³/mol. The summed E-state index contributed by atoms with van der Waals surface area (Å²) in [6.07, 6.45) is 0. The highest BCUT2D eigenvalue weighted by atomic mass is 16.6. The number of carbonyl (C=O) groups excluding carboxylic acids is 1. The van der Waals surface area contributed by atoms with Crippen molar-refractivity contribution in [1.29, 1.82) is 0 Å². The molecule has 90 valence electrons. The number of nitro groups is 1. The molecule has 1 aromatic rings. The van der Waals surface area contributed by atoms with Crippen LogP contribution in [-0.2, 0) is 4.79 Å². The molecular weight excluding hydrogens is 228 g/mol. The molecule has 2 N–H and O–H groups in total. The van der Waals surface area contributed by atoms with E-state index in [1.165, 1.54) is 12.1 Å². The molecule has 1 rings (SSSR count). The number of carboxylic acids is 1. The van der Waals surface area contributed by atoms with Gasteiger partial charge in [0, 0.05) is 6.07 Å². The van der Waals surface area contributed by atoms with Crippen molar-refractivity contribution >= 4 is 17.6 Å². The quantitative estimate of drug-likeness (QED) is 0.593. The normalized spacial score (nSPS) is 9.71. The van der Waals surface area contributed by atoms with Gasteiger partial charge < -0.3 is 10.4 Å². The molecular formula is C10H10N2O5. The molecule has 0 aliphatic heterocycles.